The van der Waals surface area contributed by atoms with Crippen LogP contribution in [0.25, 0.3) is 0 Å². The number of amides is 3. The maximum atomic E-state index is 13.7. The molecule has 206 valence electrons. The molecule has 2 N–H and O–H groups in total. The summed E-state index contributed by atoms with van der Waals surface area (Å²) in [5.41, 5.74) is 0.860. The van der Waals surface area contributed by atoms with Crippen LogP contribution >= 0.6 is 0 Å². The number of ether oxygens (including phenoxy) is 3. The summed E-state index contributed by atoms with van der Waals surface area (Å²) in [6.45, 7) is 6.73. The summed E-state index contributed by atoms with van der Waals surface area (Å²) in [5, 5.41) is 5.23. The van der Waals surface area contributed by atoms with Crippen molar-refractivity contribution < 1.29 is 33.4 Å². The molecule has 0 aliphatic heterocycles. The molecular weight excluding hydrogens is 490 g/mol. The molecule has 10 nitrogen and oxygen atoms in total. The van der Waals surface area contributed by atoms with Crippen molar-refractivity contribution in [2.45, 2.75) is 58.4 Å². The summed E-state index contributed by atoms with van der Waals surface area (Å²) in [5.74, 6) is -1.17. The van der Waals surface area contributed by atoms with Crippen molar-refractivity contribution in [1.82, 2.24) is 15.5 Å². The van der Waals surface area contributed by atoms with E-state index < -0.39 is 41.7 Å². The Balaban J connectivity index is 2.13. The third-order valence-corrected chi connectivity index (χ3v) is 5.40. The number of nitrogens with zero attached hydrogens (tertiary/aromatic N) is 1. The lowest BCUT2D eigenvalue weighted by Gasteiger charge is -2.32. The van der Waals surface area contributed by atoms with Gasteiger partial charge in [-0.05, 0) is 38.8 Å². The SMILES string of the molecule is COC(=O)C(C)N(CCNC(=O)OCc1ccccc1)C(=O)[C@H](Cc1ccccc1)NC(=O)OC(C)(C)C. The molecule has 2 aromatic carbocycles. The predicted molar refractivity (Wildman–Crippen MR) is 141 cm³/mol. The zero-order chi connectivity index (χ0) is 28.1. The van der Waals surface area contributed by atoms with Crippen LogP contribution in [-0.4, -0.2) is 66.8 Å². The molecule has 38 heavy (non-hydrogen) atoms. The number of hydrogen-bond acceptors (Lipinski definition) is 7. The normalized spacial score (nSPS) is 12.4. The van der Waals surface area contributed by atoms with Gasteiger partial charge in [-0.25, -0.2) is 14.4 Å². The highest BCUT2D eigenvalue weighted by Crippen LogP contribution is 2.12. The van der Waals surface area contributed by atoms with Crippen molar-refractivity contribution in [3.8, 4) is 0 Å². The second kappa shape index (κ2) is 14.6. The van der Waals surface area contributed by atoms with Gasteiger partial charge in [0.2, 0.25) is 5.91 Å². The fraction of sp³-hybridized carbons (Fsp3) is 0.429. The van der Waals surface area contributed by atoms with Crippen molar-refractivity contribution >= 4 is 24.1 Å². The Kier molecular flexibility index (Phi) is 11.6. The zero-order valence-electron chi connectivity index (χ0n) is 22.6. The minimum atomic E-state index is -1.04. The molecule has 0 radical (unpaired) electrons. The lowest BCUT2D eigenvalue weighted by molar-refractivity contribution is -0.152. The van der Waals surface area contributed by atoms with E-state index in [-0.39, 0.29) is 26.1 Å². The van der Waals surface area contributed by atoms with E-state index in [1.165, 1.54) is 18.9 Å². The summed E-state index contributed by atoms with van der Waals surface area (Å²) >= 11 is 0. The molecule has 0 spiro atoms. The van der Waals surface area contributed by atoms with Crippen LogP contribution in [0.5, 0.6) is 0 Å². The van der Waals surface area contributed by atoms with Gasteiger partial charge < -0.3 is 29.7 Å². The second-order valence-electron chi connectivity index (χ2n) is 9.61. The maximum absolute atomic E-state index is 13.7. The molecule has 0 aliphatic rings. The number of carbonyl (C=O) groups excluding carboxylic acids is 4. The Morgan fingerprint density at radius 2 is 1.47 bits per heavy atom. The van der Waals surface area contributed by atoms with Gasteiger partial charge in [-0.3, -0.25) is 4.79 Å². The highest BCUT2D eigenvalue weighted by molar-refractivity contribution is 5.90. The molecule has 2 rings (SSSR count). The Morgan fingerprint density at radius 1 is 0.895 bits per heavy atom. The molecule has 0 aliphatic carbocycles. The molecular formula is C28H37N3O7. The molecule has 3 amide bonds. The minimum absolute atomic E-state index is 0.00515. The quantitative estimate of drug-likeness (QED) is 0.339. The maximum Gasteiger partial charge on any atom is 0.408 e. The molecule has 2 aromatic rings. The van der Waals surface area contributed by atoms with Crippen molar-refractivity contribution in [2.24, 2.45) is 0 Å². The molecule has 10 heteroatoms. The first-order valence-corrected chi connectivity index (χ1v) is 12.4. The highest BCUT2D eigenvalue weighted by Gasteiger charge is 2.33. The van der Waals surface area contributed by atoms with Crippen LogP contribution in [0, 0.1) is 0 Å². The van der Waals surface area contributed by atoms with Crippen LogP contribution in [0.15, 0.2) is 60.7 Å². The molecule has 0 fully saturated rings. The Hall–Kier alpha value is -4.08. The Labute approximate surface area is 223 Å². The number of alkyl carbamates (subject to hydrolysis) is 2. The molecule has 2 atom stereocenters. The largest absolute Gasteiger partial charge is 0.467 e. The lowest BCUT2D eigenvalue weighted by Crippen LogP contribution is -2.56. The van der Waals surface area contributed by atoms with Crippen molar-refractivity contribution in [3.63, 3.8) is 0 Å². The number of methoxy groups -OCH3 is 1. The van der Waals surface area contributed by atoms with Crippen LogP contribution in [0.1, 0.15) is 38.8 Å². The summed E-state index contributed by atoms with van der Waals surface area (Å²) < 4.78 is 15.4. The van der Waals surface area contributed by atoms with Crippen LogP contribution in [-0.2, 0) is 36.8 Å². The molecule has 0 heterocycles. The minimum Gasteiger partial charge on any atom is -0.467 e. The average molecular weight is 528 g/mol. The summed E-state index contributed by atoms with van der Waals surface area (Å²) in [6, 6.07) is 16.3. The van der Waals surface area contributed by atoms with E-state index in [1.54, 1.807) is 20.8 Å². The van der Waals surface area contributed by atoms with Crippen molar-refractivity contribution in [1.29, 1.82) is 0 Å². The van der Waals surface area contributed by atoms with Gasteiger partial charge in [-0.1, -0.05) is 60.7 Å². The van der Waals surface area contributed by atoms with Gasteiger partial charge >= 0.3 is 18.2 Å². The van der Waals surface area contributed by atoms with E-state index in [1.807, 2.05) is 60.7 Å². The highest BCUT2D eigenvalue weighted by atomic mass is 16.6. The number of hydrogen-bond donors (Lipinski definition) is 2. The van der Waals surface area contributed by atoms with Gasteiger partial charge in [0.25, 0.3) is 0 Å². The Morgan fingerprint density at radius 3 is 2.03 bits per heavy atom. The van der Waals surface area contributed by atoms with Crippen LogP contribution in [0.4, 0.5) is 9.59 Å². The zero-order valence-corrected chi connectivity index (χ0v) is 22.6. The van der Waals surface area contributed by atoms with Crippen LogP contribution < -0.4 is 10.6 Å². The summed E-state index contributed by atoms with van der Waals surface area (Å²) in [7, 11) is 1.22. The van der Waals surface area contributed by atoms with Crippen LogP contribution in [0.2, 0.25) is 0 Å². The first-order chi connectivity index (χ1) is 18.0. The standard InChI is InChI=1S/C28H37N3O7/c1-20(25(33)36-5)31(17-16-29-26(34)37-19-22-14-10-7-11-15-22)24(32)23(18-21-12-8-6-9-13-21)30-27(35)38-28(2,3)4/h6-15,20,23H,16-19H2,1-5H3,(H,29,34)(H,30,35)/t20?,23-/m0/s1. The van der Waals surface area contributed by atoms with Gasteiger partial charge in [-0.2, -0.15) is 0 Å². The third kappa shape index (κ3) is 10.5. The van der Waals surface area contributed by atoms with E-state index >= 15 is 0 Å². The fourth-order valence-corrected chi connectivity index (χ4v) is 3.54. The van der Waals surface area contributed by atoms with Gasteiger partial charge in [0.05, 0.1) is 7.11 Å². The number of nitrogens with one attached hydrogen (secondary N) is 2. The fourth-order valence-electron chi connectivity index (χ4n) is 3.54. The van der Waals surface area contributed by atoms with Gasteiger partial charge in [-0.15, -0.1) is 0 Å². The number of rotatable bonds is 11. The predicted octanol–water partition coefficient (Wildman–Crippen LogP) is 3.44. The summed E-state index contributed by atoms with van der Waals surface area (Å²) in [4.78, 5) is 52.1. The second-order valence-corrected chi connectivity index (χ2v) is 9.61. The smallest absolute Gasteiger partial charge is 0.408 e. The molecule has 0 bridgehead atoms. The average Bonchev–Trinajstić information content (AvgIpc) is 2.88. The van der Waals surface area contributed by atoms with Gasteiger partial charge in [0, 0.05) is 19.5 Å². The monoisotopic (exact) mass is 527 g/mol. The number of carbonyl (C=O) groups is 4. The van der Waals surface area contributed by atoms with E-state index in [0.717, 1.165) is 11.1 Å². The topological polar surface area (TPSA) is 123 Å². The number of benzene rings is 2. The first kappa shape index (κ1) is 30.1. The van der Waals surface area contributed by atoms with E-state index in [9.17, 15) is 19.2 Å². The van der Waals surface area contributed by atoms with Gasteiger partial charge in [0.1, 0.15) is 24.3 Å². The van der Waals surface area contributed by atoms with Crippen LogP contribution in [0.3, 0.4) is 0 Å². The van der Waals surface area contributed by atoms with E-state index in [4.69, 9.17) is 14.2 Å². The van der Waals surface area contributed by atoms with Gasteiger partial charge in [0.15, 0.2) is 0 Å². The van der Waals surface area contributed by atoms with E-state index in [0.29, 0.717) is 0 Å². The molecule has 1 unspecified atom stereocenters. The number of esters is 1. The van der Waals surface area contributed by atoms with E-state index in [2.05, 4.69) is 10.6 Å². The molecule has 0 saturated heterocycles. The van der Waals surface area contributed by atoms with Crippen molar-refractivity contribution in [2.75, 3.05) is 20.2 Å². The lowest BCUT2D eigenvalue weighted by atomic mass is 10.0. The van der Waals surface area contributed by atoms with Crippen molar-refractivity contribution in [3.05, 3.63) is 71.8 Å². The third-order valence-electron chi connectivity index (χ3n) is 5.40. The molecule has 0 saturated carbocycles. The summed E-state index contributed by atoms with van der Waals surface area (Å²) in [6.07, 6.45) is -1.27. The first-order valence-electron chi connectivity index (χ1n) is 12.4. The Bertz CT molecular complexity index is 1060. The molecule has 0 aromatic heterocycles.